The van der Waals surface area contributed by atoms with Crippen LogP contribution in [0.15, 0.2) is 11.6 Å². The summed E-state index contributed by atoms with van der Waals surface area (Å²) in [6.45, 7) is 2.17. The van der Waals surface area contributed by atoms with Crippen molar-refractivity contribution >= 4 is 5.97 Å². The van der Waals surface area contributed by atoms with Gasteiger partial charge in [0, 0.05) is 6.42 Å². The van der Waals surface area contributed by atoms with E-state index in [0.717, 1.165) is 32.1 Å². The Bertz CT molecular complexity index is 528. The molecule has 0 saturated heterocycles. The molecule has 5 atom stereocenters. The highest BCUT2D eigenvalue weighted by Crippen LogP contribution is 2.51. The topological polar surface area (TPSA) is 77.8 Å². The summed E-state index contributed by atoms with van der Waals surface area (Å²) in [5.74, 6) is 6.12. The van der Waals surface area contributed by atoms with E-state index in [1.165, 1.54) is 18.4 Å². The SMILES string of the molecule is CCCCCCC(O)C#C[C@H]1[C@@H](O)CCC2/C(=C/CCC(=O)O)C[C@@H]21. The van der Waals surface area contributed by atoms with Crippen molar-refractivity contribution in [1.82, 2.24) is 0 Å². The normalized spacial score (nSPS) is 30.8. The number of carboxylic acid groups (broad SMARTS) is 1. The summed E-state index contributed by atoms with van der Waals surface area (Å²) in [6.07, 6.45) is 9.68. The van der Waals surface area contributed by atoms with Gasteiger partial charge in [-0.25, -0.2) is 0 Å². The summed E-state index contributed by atoms with van der Waals surface area (Å²) >= 11 is 0. The van der Waals surface area contributed by atoms with Crippen molar-refractivity contribution in [3.8, 4) is 11.8 Å². The van der Waals surface area contributed by atoms with Gasteiger partial charge in [-0.05, 0) is 50.4 Å². The monoisotopic (exact) mass is 348 g/mol. The van der Waals surface area contributed by atoms with E-state index in [0.29, 0.717) is 24.7 Å². The number of unbranched alkanes of at least 4 members (excludes halogenated alkanes) is 3. The lowest BCUT2D eigenvalue weighted by atomic mass is 9.57. The van der Waals surface area contributed by atoms with E-state index in [1.807, 2.05) is 0 Å². The molecule has 4 heteroatoms. The van der Waals surface area contributed by atoms with Crippen LogP contribution in [-0.2, 0) is 4.79 Å². The number of carbonyl (C=O) groups is 1. The van der Waals surface area contributed by atoms with Crippen molar-refractivity contribution < 1.29 is 20.1 Å². The van der Waals surface area contributed by atoms with E-state index in [1.54, 1.807) is 0 Å². The Morgan fingerprint density at radius 1 is 1.32 bits per heavy atom. The van der Waals surface area contributed by atoms with Gasteiger partial charge in [0.2, 0.25) is 0 Å². The van der Waals surface area contributed by atoms with Crippen LogP contribution in [0.3, 0.4) is 0 Å². The predicted molar refractivity (Wildman–Crippen MR) is 97.8 cm³/mol. The number of allylic oxidation sites excluding steroid dienone is 2. The second kappa shape index (κ2) is 9.99. The first-order valence-corrected chi connectivity index (χ1v) is 9.80. The highest BCUT2D eigenvalue weighted by atomic mass is 16.4. The van der Waals surface area contributed by atoms with Crippen molar-refractivity contribution in [3.63, 3.8) is 0 Å². The molecule has 0 bridgehead atoms. The molecule has 0 heterocycles. The van der Waals surface area contributed by atoms with E-state index in [9.17, 15) is 15.0 Å². The predicted octanol–water partition coefficient (Wildman–Crippen LogP) is 3.52. The third kappa shape index (κ3) is 5.87. The van der Waals surface area contributed by atoms with Crippen molar-refractivity contribution in [2.45, 2.75) is 83.3 Å². The van der Waals surface area contributed by atoms with Gasteiger partial charge in [0.1, 0.15) is 6.10 Å². The van der Waals surface area contributed by atoms with Gasteiger partial charge in [-0.15, -0.1) is 0 Å². The number of carboxylic acids is 1. The van der Waals surface area contributed by atoms with Crippen molar-refractivity contribution in [2.75, 3.05) is 0 Å². The molecule has 140 valence electrons. The molecule has 2 rings (SSSR count). The van der Waals surface area contributed by atoms with Crippen LogP contribution in [0.4, 0.5) is 0 Å². The fraction of sp³-hybridized carbons (Fsp3) is 0.762. The molecule has 2 aliphatic carbocycles. The van der Waals surface area contributed by atoms with Gasteiger partial charge in [-0.3, -0.25) is 4.79 Å². The Labute approximate surface area is 151 Å². The van der Waals surface area contributed by atoms with E-state index < -0.39 is 18.2 Å². The number of aliphatic carboxylic acids is 1. The van der Waals surface area contributed by atoms with Gasteiger partial charge in [0.05, 0.1) is 12.0 Å². The largest absolute Gasteiger partial charge is 0.481 e. The van der Waals surface area contributed by atoms with Crippen LogP contribution < -0.4 is 0 Å². The minimum Gasteiger partial charge on any atom is -0.481 e. The third-order valence-electron chi connectivity index (χ3n) is 5.63. The molecule has 0 amide bonds. The van der Waals surface area contributed by atoms with Crippen LogP contribution in [-0.4, -0.2) is 33.5 Å². The van der Waals surface area contributed by atoms with E-state index in [2.05, 4.69) is 24.8 Å². The highest BCUT2D eigenvalue weighted by Gasteiger charge is 2.46. The van der Waals surface area contributed by atoms with Crippen molar-refractivity contribution in [3.05, 3.63) is 11.6 Å². The second-order valence-electron chi connectivity index (χ2n) is 7.51. The third-order valence-corrected chi connectivity index (χ3v) is 5.63. The van der Waals surface area contributed by atoms with Crippen molar-refractivity contribution in [1.29, 1.82) is 0 Å². The number of fused-ring (bicyclic) bond motifs is 1. The Balaban J connectivity index is 1.85. The average Bonchev–Trinajstić information content (AvgIpc) is 2.55. The van der Waals surface area contributed by atoms with Crippen LogP contribution in [0.5, 0.6) is 0 Å². The molecule has 0 spiro atoms. The first-order valence-electron chi connectivity index (χ1n) is 9.80. The van der Waals surface area contributed by atoms with Crippen LogP contribution in [0.2, 0.25) is 0 Å². The molecule has 2 unspecified atom stereocenters. The standard InChI is InChI=1S/C21H32O4/c1-2-3-4-5-8-16(22)10-11-18-19-14-15(7-6-9-21(24)25)17(19)12-13-20(18)23/h7,16-20,22-23H,2-6,8-9,12-14H2,1H3,(H,24,25)/b15-7+/t16?,17?,18-,19+,20+/m1/s1. The number of hydrogen-bond donors (Lipinski definition) is 3. The smallest absolute Gasteiger partial charge is 0.303 e. The van der Waals surface area contributed by atoms with Gasteiger partial charge >= 0.3 is 5.97 Å². The zero-order chi connectivity index (χ0) is 18.2. The molecule has 0 aromatic carbocycles. The zero-order valence-corrected chi connectivity index (χ0v) is 15.3. The van der Waals surface area contributed by atoms with Gasteiger partial charge in [-0.1, -0.05) is 49.7 Å². The lowest BCUT2D eigenvalue weighted by Crippen LogP contribution is -2.44. The minimum atomic E-state index is -0.761. The summed E-state index contributed by atoms with van der Waals surface area (Å²) in [6, 6.07) is 0. The van der Waals surface area contributed by atoms with Crippen LogP contribution >= 0.6 is 0 Å². The first kappa shape index (κ1) is 20.0. The lowest BCUT2D eigenvalue weighted by Gasteiger charge is -2.48. The molecule has 2 fully saturated rings. The molecule has 2 aliphatic rings. The van der Waals surface area contributed by atoms with Crippen LogP contribution in [0, 0.1) is 29.6 Å². The average molecular weight is 348 g/mol. The molecule has 2 saturated carbocycles. The molecular weight excluding hydrogens is 316 g/mol. The summed E-state index contributed by atoms with van der Waals surface area (Å²) in [7, 11) is 0. The summed E-state index contributed by atoms with van der Waals surface area (Å²) in [5, 5.41) is 29.1. The first-order chi connectivity index (χ1) is 12.0. The second-order valence-corrected chi connectivity index (χ2v) is 7.51. The van der Waals surface area contributed by atoms with Gasteiger partial charge in [0.25, 0.3) is 0 Å². The number of hydrogen-bond acceptors (Lipinski definition) is 3. The van der Waals surface area contributed by atoms with Gasteiger partial charge in [0.15, 0.2) is 0 Å². The molecule has 4 nitrogen and oxygen atoms in total. The van der Waals surface area contributed by atoms with E-state index in [-0.39, 0.29) is 12.3 Å². The molecule has 0 radical (unpaired) electrons. The number of rotatable bonds is 8. The quantitative estimate of drug-likeness (QED) is 0.356. The van der Waals surface area contributed by atoms with Crippen LogP contribution in [0.25, 0.3) is 0 Å². The number of aliphatic hydroxyl groups excluding tert-OH is 2. The Morgan fingerprint density at radius 2 is 2.12 bits per heavy atom. The maximum Gasteiger partial charge on any atom is 0.303 e. The maximum absolute atomic E-state index is 10.6. The Kier molecular flexibility index (Phi) is 7.99. The fourth-order valence-corrected chi connectivity index (χ4v) is 4.12. The minimum absolute atomic E-state index is 0.0549. The Morgan fingerprint density at radius 3 is 2.84 bits per heavy atom. The fourth-order valence-electron chi connectivity index (χ4n) is 4.12. The molecular formula is C21H32O4. The summed E-state index contributed by atoms with van der Waals surface area (Å²) < 4.78 is 0. The van der Waals surface area contributed by atoms with Crippen LogP contribution in [0.1, 0.15) is 71.1 Å². The lowest BCUT2D eigenvalue weighted by molar-refractivity contribution is -0.136. The van der Waals surface area contributed by atoms with E-state index >= 15 is 0 Å². The maximum atomic E-state index is 10.6. The number of aliphatic hydroxyl groups is 2. The molecule has 3 N–H and O–H groups in total. The molecule has 0 aromatic heterocycles. The van der Waals surface area contributed by atoms with Crippen molar-refractivity contribution in [2.24, 2.45) is 17.8 Å². The van der Waals surface area contributed by atoms with Gasteiger partial charge < -0.3 is 15.3 Å². The summed E-state index contributed by atoms with van der Waals surface area (Å²) in [4.78, 5) is 10.6. The summed E-state index contributed by atoms with van der Waals surface area (Å²) in [5.41, 5.74) is 1.34. The van der Waals surface area contributed by atoms with E-state index in [4.69, 9.17) is 5.11 Å². The molecule has 25 heavy (non-hydrogen) atoms. The highest BCUT2D eigenvalue weighted by molar-refractivity contribution is 5.66. The van der Waals surface area contributed by atoms with Gasteiger partial charge in [-0.2, -0.15) is 0 Å². The molecule has 0 aliphatic heterocycles. The molecule has 0 aromatic rings. The zero-order valence-electron chi connectivity index (χ0n) is 15.3. The Hall–Kier alpha value is -1.31.